The van der Waals surface area contributed by atoms with Gasteiger partial charge in [0.2, 0.25) is 0 Å². The van der Waals surface area contributed by atoms with Crippen molar-refractivity contribution in [2.75, 3.05) is 6.54 Å². The van der Waals surface area contributed by atoms with Gasteiger partial charge in [-0.05, 0) is 13.0 Å². The topological polar surface area (TPSA) is 127 Å². The third kappa shape index (κ3) is 2.80. The minimum atomic E-state index is -0.517. The first-order valence-corrected chi connectivity index (χ1v) is 10.1. The number of H-pyrrole nitrogens is 1. The number of nitrogens with zero attached hydrogens (tertiary/aromatic N) is 6. The predicted octanol–water partition coefficient (Wildman–Crippen LogP) is 3.09. The molecule has 1 aromatic carbocycles. The molecule has 1 atom stereocenters. The van der Waals surface area contributed by atoms with E-state index in [0.717, 1.165) is 27.9 Å². The number of amides is 1. The lowest BCUT2D eigenvalue weighted by molar-refractivity contribution is 0.0632. The van der Waals surface area contributed by atoms with E-state index >= 15 is 0 Å². The summed E-state index contributed by atoms with van der Waals surface area (Å²) in [6, 6.07) is 7.29. The Hall–Kier alpha value is -4.34. The van der Waals surface area contributed by atoms with Crippen LogP contribution in [-0.4, -0.2) is 47.5 Å². The van der Waals surface area contributed by atoms with Crippen molar-refractivity contribution >= 4 is 16.9 Å². The van der Waals surface area contributed by atoms with Crippen molar-refractivity contribution in [2.45, 2.75) is 19.4 Å². The van der Waals surface area contributed by atoms with Crippen LogP contribution < -0.4 is 0 Å². The number of hydrogen-bond donors (Lipinski definition) is 1. The highest BCUT2D eigenvalue weighted by Crippen LogP contribution is 2.39. The van der Waals surface area contributed by atoms with E-state index in [1.807, 2.05) is 31.2 Å². The number of carbonyl (C=O) groups excluding carboxylic acids is 1. The van der Waals surface area contributed by atoms with E-state index in [4.69, 9.17) is 8.83 Å². The zero-order valence-corrected chi connectivity index (χ0v) is 17.0. The van der Waals surface area contributed by atoms with Crippen LogP contribution in [0.1, 0.15) is 39.4 Å². The van der Waals surface area contributed by atoms with Gasteiger partial charge in [-0.15, -0.1) is 10.2 Å². The Bertz CT molecular complexity index is 1440. The molecule has 0 unspecified atom stereocenters. The molecule has 10 nitrogen and oxygen atoms in total. The van der Waals surface area contributed by atoms with Crippen LogP contribution in [0.3, 0.4) is 0 Å². The van der Waals surface area contributed by atoms with Gasteiger partial charge in [-0.2, -0.15) is 0 Å². The van der Waals surface area contributed by atoms with Crippen molar-refractivity contribution in [3.05, 3.63) is 77.8 Å². The highest BCUT2D eigenvalue weighted by Gasteiger charge is 2.39. The first-order chi connectivity index (χ1) is 15.7. The molecule has 4 aromatic heterocycles. The van der Waals surface area contributed by atoms with Crippen LogP contribution in [0, 0.1) is 6.92 Å². The average molecular weight is 427 g/mol. The Morgan fingerprint density at radius 2 is 2.06 bits per heavy atom. The highest BCUT2D eigenvalue weighted by atomic mass is 16.4. The van der Waals surface area contributed by atoms with E-state index in [-0.39, 0.29) is 11.8 Å². The van der Waals surface area contributed by atoms with Crippen LogP contribution in [0.4, 0.5) is 0 Å². The Morgan fingerprint density at radius 3 is 2.91 bits per heavy atom. The summed E-state index contributed by atoms with van der Waals surface area (Å²) in [7, 11) is 0. The zero-order chi connectivity index (χ0) is 21.7. The van der Waals surface area contributed by atoms with Gasteiger partial charge in [-0.25, -0.2) is 9.97 Å². The summed E-state index contributed by atoms with van der Waals surface area (Å²) in [5.41, 5.74) is 3.85. The van der Waals surface area contributed by atoms with Crippen molar-refractivity contribution < 1.29 is 13.6 Å². The van der Waals surface area contributed by atoms with Crippen LogP contribution in [0.5, 0.6) is 0 Å². The number of para-hydroxylation sites is 1. The molecule has 0 fully saturated rings. The fourth-order valence-corrected chi connectivity index (χ4v) is 4.16. The quantitative estimate of drug-likeness (QED) is 0.465. The number of benzene rings is 1. The first kappa shape index (κ1) is 18.4. The second-order valence-corrected chi connectivity index (χ2v) is 7.51. The first-order valence-electron chi connectivity index (χ1n) is 10.1. The monoisotopic (exact) mass is 427 g/mol. The van der Waals surface area contributed by atoms with Crippen molar-refractivity contribution in [3.63, 3.8) is 0 Å². The maximum atomic E-state index is 13.5. The van der Waals surface area contributed by atoms with Gasteiger partial charge in [0.05, 0.1) is 18.2 Å². The average Bonchev–Trinajstić information content (AvgIpc) is 3.58. The summed E-state index contributed by atoms with van der Waals surface area (Å²) in [4.78, 5) is 31.0. The standard InChI is InChI=1S/C22H17N7O3/c1-12-13-4-2-3-5-16(13)31-19(12)18-17-14(25-11-26-17)6-9-29(18)22(30)21-28-27-20(32-21)15-10-23-7-8-24-15/h2-5,7-8,10-11,18H,6,9H2,1H3,(H,25,26)/t18-/m1/s1. The number of imidazole rings is 1. The fraction of sp³-hybridized carbons (Fsp3) is 0.182. The largest absolute Gasteiger partial charge is 0.458 e. The molecule has 0 aliphatic carbocycles. The van der Waals surface area contributed by atoms with Crippen LogP contribution >= 0.6 is 0 Å². The molecule has 5 heterocycles. The number of rotatable bonds is 3. The van der Waals surface area contributed by atoms with E-state index in [9.17, 15) is 4.79 Å². The summed E-state index contributed by atoms with van der Waals surface area (Å²) in [6.07, 6.45) is 6.83. The molecule has 10 heteroatoms. The van der Waals surface area contributed by atoms with Crippen LogP contribution in [0.15, 0.2) is 58.0 Å². The normalized spacial score (nSPS) is 15.8. The smallest absolute Gasteiger partial charge is 0.312 e. The molecule has 0 bridgehead atoms. The van der Waals surface area contributed by atoms with E-state index in [1.54, 1.807) is 17.4 Å². The van der Waals surface area contributed by atoms with Crippen molar-refractivity contribution in [1.82, 2.24) is 35.0 Å². The third-order valence-corrected chi connectivity index (χ3v) is 5.71. The van der Waals surface area contributed by atoms with Crippen molar-refractivity contribution in [2.24, 2.45) is 0 Å². The Labute approximate surface area is 181 Å². The lowest BCUT2D eigenvalue weighted by atomic mass is 9.97. The fourth-order valence-electron chi connectivity index (χ4n) is 4.16. The van der Waals surface area contributed by atoms with Gasteiger partial charge >= 0.3 is 11.8 Å². The molecule has 0 saturated carbocycles. The van der Waals surface area contributed by atoms with Gasteiger partial charge in [0.1, 0.15) is 23.1 Å². The highest BCUT2D eigenvalue weighted by molar-refractivity contribution is 5.91. The number of aromatic amines is 1. The molecule has 158 valence electrons. The van der Waals surface area contributed by atoms with Crippen LogP contribution in [0.2, 0.25) is 0 Å². The number of fused-ring (bicyclic) bond motifs is 2. The molecule has 32 heavy (non-hydrogen) atoms. The lowest BCUT2D eigenvalue weighted by Gasteiger charge is -2.33. The summed E-state index contributed by atoms with van der Waals surface area (Å²) in [5.74, 6) is 0.284. The van der Waals surface area contributed by atoms with Crippen molar-refractivity contribution in [3.8, 4) is 11.6 Å². The minimum absolute atomic E-state index is 0.122. The third-order valence-electron chi connectivity index (χ3n) is 5.71. The van der Waals surface area contributed by atoms with E-state index in [2.05, 4.69) is 30.1 Å². The minimum Gasteiger partial charge on any atom is -0.458 e. The molecule has 1 aliphatic rings. The number of hydrogen-bond acceptors (Lipinski definition) is 8. The van der Waals surface area contributed by atoms with Gasteiger partial charge in [0, 0.05) is 42.0 Å². The number of furan rings is 1. The number of carbonyl (C=O) groups is 1. The maximum absolute atomic E-state index is 13.5. The molecule has 5 aromatic rings. The number of aromatic nitrogens is 6. The molecule has 1 aliphatic heterocycles. The molecule has 1 N–H and O–H groups in total. The second-order valence-electron chi connectivity index (χ2n) is 7.51. The Balaban J connectivity index is 1.43. The maximum Gasteiger partial charge on any atom is 0.312 e. The Morgan fingerprint density at radius 1 is 1.16 bits per heavy atom. The van der Waals surface area contributed by atoms with Crippen molar-refractivity contribution in [1.29, 1.82) is 0 Å². The van der Waals surface area contributed by atoms with E-state index in [1.165, 1.54) is 12.4 Å². The van der Waals surface area contributed by atoms with Gasteiger partial charge in [-0.1, -0.05) is 18.2 Å². The molecule has 0 saturated heterocycles. The van der Waals surface area contributed by atoms with Gasteiger partial charge in [-0.3, -0.25) is 9.78 Å². The summed E-state index contributed by atoms with van der Waals surface area (Å²) in [5, 5.41) is 8.95. The number of nitrogens with one attached hydrogen (secondary N) is 1. The zero-order valence-electron chi connectivity index (χ0n) is 17.0. The molecule has 0 spiro atoms. The summed E-state index contributed by atoms with van der Waals surface area (Å²) in [6.45, 7) is 2.43. The van der Waals surface area contributed by atoms with Gasteiger partial charge in [0.15, 0.2) is 0 Å². The summed E-state index contributed by atoms with van der Waals surface area (Å²) >= 11 is 0. The summed E-state index contributed by atoms with van der Waals surface area (Å²) < 4.78 is 11.9. The molecule has 6 rings (SSSR count). The van der Waals surface area contributed by atoms with Gasteiger partial charge in [0.25, 0.3) is 5.89 Å². The molecule has 0 radical (unpaired) electrons. The predicted molar refractivity (Wildman–Crippen MR) is 111 cm³/mol. The molecular weight excluding hydrogens is 410 g/mol. The SMILES string of the molecule is Cc1c([C@H]2c3nc[nH]c3CCN2C(=O)c2nnc(-c3cnccn3)o2)oc2ccccc12. The Kier molecular flexibility index (Phi) is 4.10. The van der Waals surface area contributed by atoms with E-state index in [0.29, 0.717) is 24.4 Å². The number of aryl methyl sites for hydroxylation is 1. The lowest BCUT2D eigenvalue weighted by Crippen LogP contribution is -2.41. The van der Waals surface area contributed by atoms with E-state index < -0.39 is 11.9 Å². The van der Waals surface area contributed by atoms with Gasteiger partial charge < -0.3 is 18.7 Å². The van der Waals surface area contributed by atoms with Crippen LogP contribution in [-0.2, 0) is 6.42 Å². The van der Waals surface area contributed by atoms with Crippen LogP contribution in [0.25, 0.3) is 22.6 Å². The second kappa shape index (κ2) is 7.12. The molecular formula is C22H17N7O3. The molecule has 1 amide bonds.